The standard InChI is InChI=1S/C14H14BrNO4S/c1-3-12-16-9(7-21-12)6-20-13-10(15)4-8(14(17)18)5-11(13)19-2/h4-5,7H,3,6H2,1-2H3,(H,17,18). The summed E-state index contributed by atoms with van der Waals surface area (Å²) in [6.07, 6.45) is 0.894. The maximum atomic E-state index is 11.0. The molecule has 2 aromatic rings. The van der Waals surface area contributed by atoms with E-state index in [2.05, 4.69) is 20.9 Å². The quantitative estimate of drug-likeness (QED) is 0.836. The van der Waals surface area contributed by atoms with E-state index in [1.807, 2.05) is 12.3 Å². The molecular weight excluding hydrogens is 358 g/mol. The number of nitrogens with zero attached hydrogens (tertiary/aromatic N) is 1. The monoisotopic (exact) mass is 371 g/mol. The fourth-order valence-corrected chi connectivity index (χ4v) is 2.99. The van der Waals surface area contributed by atoms with Gasteiger partial charge in [-0.05, 0) is 34.5 Å². The van der Waals surface area contributed by atoms with Crippen molar-refractivity contribution in [1.29, 1.82) is 0 Å². The predicted octanol–water partition coefficient (Wildman–Crippen LogP) is 3.75. The number of carboxylic acid groups (broad SMARTS) is 1. The zero-order chi connectivity index (χ0) is 15.4. The number of aromatic nitrogens is 1. The molecule has 1 heterocycles. The molecule has 2 rings (SSSR count). The Hall–Kier alpha value is -1.60. The molecule has 21 heavy (non-hydrogen) atoms. The maximum Gasteiger partial charge on any atom is 0.335 e. The van der Waals surface area contributed by atoms with Crippen molar-refractivity contribution in [3.8, 4) is 11.5 Å². The lowest BCUT2D eigenvalue weighted by Gasteiger charge is -2.12. The van der Waals surface area contributed by atoms with Crippen molar-refractivity contribution in [1.82, 2.24) is 4.98 Å². The average Bonchev–Trinajstić information content (AvgIpc) is 2.93. The highest BCUT2D eigenvalue weighted by atomic mass is 79.9. The molecule has 0 saturated heterocycles. The topological polar surface area (TPSA) is 68.7 Å². The minimum atomic E-state index is -1.02. The molecule has 0 aliphatic rings. The highest BCUT2D eigenvalue weighted by Gasteiger charge is 2.15. The molecule has 0 saturated carbocycles. The van der Waals surface area contributed by atoms with Gasteiger partial charge in [0.05, 0.1) is 27.8 Å². The molecule has 7 heteroatoms. The van der Waals surface area contributed by atoms with Crippen LogP contribution in [0.4, 0.5) is 0 Å². The van der Waals surface area contributed by atoms with E-state index in [-0.39, 0.29) is 5.56 Å². The third-order valence-corrected chi connectivity index (χ3v) is 4.37. The average molecular weight is 372 g/mol. The van der Waals surface area contributed by atoms with Crippen molar-refractivity contribution in [3.05, 3.63) is 38.3 Å². The van der Waals surface area contributed by atoms with Crippen molar-refractivity contribution in [2.24, 2.45) is 0 Å². The Labute approximate surface area is 134 Å². The van der Waals surface area contributed by atoms with Gasteiger partial charge < -0.3 is 14.6 Å². The first-order valence-electron chi connectivity index (χ1n) is 6.22. The van der Waals surface area contributed by atoms with Crippen molar-refractivity contribution in [2.75, 3.05) is 7.11 Å². The summed E-state index contributed by atoms with van der Waals surface area (Å²) in [5.41, 5.74) is 0.973. The van der Waals surface area contributed by atoms with Gasteiger partial charge in [0.15, 0.2) is 11.5 Å². The second kappa shape index (κ2) is 6.91. The summed E-state index contributed by atoms with van der Waals surface area (Å²) in [6, 6.07) is 2.92. The maximum absolute atomic E-state index is 11.0. The van der Waals surface area contributed by atoms with Gasteiger partial charge >= 0.3 is 5.97 Å². The van der Waals surface area contributed by atoms with Gasteiger partial charge in [0.1, 0.15) is 6.61 Å². The zero-order valence-electron chi connectivity index (χ0n) is 11.6. The number of halogens is 1. The van der Waals surface area contributed by atoms with E-state index >= 15 is 0 Å². The van der Waals surface area contributed by atoms with Crippen molar-refractivity contribution in [2.45, 2.75) is 20.0 Å². The molecule has 5 nitrogen and oxygen atoms in total. The Morgan fingerprint density at radius 2 is 2.24 bits per heavy atom. The van der Waals surface area contributed by atoms with E-state index in [9.17, 15) is 4.79 Å². The molecule has 1 aromatic carbocycles. The molecule has 0 amide bonds. The van der Waals surface area contributed by atoms with Gasteiger partial charge in [0, 0.05) is 5.38 Å². The van der Waals surface area contributed by atoms with E-state index in [0.29, 0.717) is 22.6 Å². The highest BCUT2D eigenvalue weighted by Crippen LogP contribution is 2.37. The second-order valence-electron chi connectivity index (χ2n) is 4.17. The van der Waals surface area contributed by atoms with Crippen molar-refractivity contribution in [3.63, 3.8) is 0 Å². The molecule has 0 atom stereocenters. The molecule has 0 aliphatic carbocycles. The predicted molar refractivity (Wildman–Crippen MR) is 83.5 cm³/mol. The SMILES string of the molecule is CCc1nc(COc2c(Br)cc(C(=O)O)cc2OC)cs1. The number of aromatic carboxylic acids is 1. The van der Waals surface area contributed by atoms with Crippen LogP contribution in [-0.2, 0) is 13.0 Å². The summed E-state index contributed by atoms with van der Waals surface area (Å²) in [5.74, 6) is -0.186. The Morgan fingerprint density at radius 1 is 1.48 bits per heavy atom. The molecule has 0 bridgehead atoms. The molecular formula is C14H14BrNO4S. The lowest BCUT2D eigenvalue weighted by molar-refractivity contribution is 0.0696. The number of rotatable bonds is 6. The fraction of sp³-hybridized carbons (Fsp3) is 0.286. The van der Waals surface area contributed by atoms with Gasteiger partial charge in [0.25, 0.3) is 0 Å². The molecule has 1 aromatic heterocycles. The van der Waals surface area contributed by atoms with Crippen LogP contribution >= 0.6 is 27.3 Å². The van der Waals surface area contributed by atoms with Gasteiger partial charge in [0.2, 0.25) is 0 Å². The molecule has 0 unspecified atom stereocenters. The number of aryl methyl sites for hydroxylation is 1. The van der Waals surface area contributed by atoms with Crippen LogP contribution in [0.2, 0.25) is 0 Å². The third-order valence-electron chi connectivity index (χ3n) is 2.74. The molecule has 1 N–H and O–H groups in total. The smallest absolute Gasteiger partial charge is 0.335 e. The molecule has 0 radical (unpaired) electrons. The van der Waals surface area contributed by atoms with Crippen LogP contribution < -0.4 is 9.47 Å². The summed E-state index contributed by atoms with van der Waals surface area (Å²) >= 11 is 4.91. The van der Waals surface area contributed by atoms with E-state index < -0.39 is 5.97 Å². The van der Waals surface area contributed by atoms with Crippen LogP contribution in [0, 0.1) is 0 Å². The van der Waals surface area contributed by atoms with Gasteiger partial charge in [-0.2, -0.15) is 0 Å². The van der Waals surface area contributed by atoms with Crippen LogP contribution in [0.5, 0.6) is 11.5 Å². The first-order chi connectivity index (χ1) is 10.0. The summed E-state index contributed by atoms with van der Waals surface area (Å²) in [6.45, 7) is 2.35. The summed E-state index contributed by atoms with van der Waals surface area (Å²) in [4.78, 5) is 15.4. The van der Waals surface area contributed by atoms with Crippen LogP contribution in [0.25, 0.3) is 0 Å². The fourth-order valence-electron chi connectivity index (χ4n) is 1.71. The second-order valence-corrected chi connectivity index (χ2v) is 5.97. The first kappa shape index (κ1) is 15.8. The van der Waals surface area contributed by atoms with Crippen molar-refractivity contribution >= 4 is 33.2 Å². The first-order valence-corrected chi connectivity index (χ1v) is 7.89. The lowest BCUT2D eigenvalue weighted by atomic mass is 10.2. The molecule has 0 aliphatic heterocycles. The summed E-state index contributed by atoms with van der Waals surface area (Å²) < 4.78 is 11.4. The van der Waals surface area contributed by atoms with E-state index in [1.165, 1.54) is 19.2 Å². The summed E-state index contributed by atoms with van der Waals surface area (Å²) in [7, 11) is 1.47. The van der Waals surface area contributed by atoms with Gasteiger partial charge in [-0.3, -0.25) is 0 Å². The molecule has 112 valence electrons. The largest absolute Gasteiger partial charge is 0.493 e. The van der Waals surface area contributed by atoms with Gasteiger partial charge in [-0.25, -0.2) is 9.78 Å². The van der Waals surface area contributed by atoms with E-state index in [0.717, 1.165) is 17.1 Å². The Morgan fingerprint density at radius 3 is 2.81 bits per heavy atom. The van der Waals surface area contributed by atoms with Gasteiger partial charge in [-0.1, -0.05) is 6.92 Å². The minimum Gasteiger partial charge on any atom is -0.493 e. The zero-order valence-corrected chi connectivity index (χ0v) is 14.0. The minimum absolute atomic E-state index is 0.132. The van der Waals surface area contributed by atoms with Crippen LogP contribution in [0.3, 0.4) is 0 Å². The van der Waals surface area contributed by atoms with Gasteiger partial charge in [-0.15, -0.1) is 11.3 Å². The Balaban J connectivity index is 2.20. The highest BCUT2D eigenvalue weighted by molar-refractivity contribution is 9.10. The normalized spacial score (nSPS) is 10.4. The Bertz CT molecular complexity index is 656. The molecule has 0 spiro atoms. The third kappa shape index (κ3) is 3.74. The number of ether oxygens (including phenoxy) is 2. The Kier molecular flexibility index (Phi) is 5.19. The number of thiazole rings is 1. The number of carbonyl (C=O) groups is 1. The number of carboxylic acids is 1. The van der Waals surface area contributed by atoms with Crippen LogP contribution in [0.15, 0.2) is 22.0 Å². The lowest BCUT2D eigenvalue weighted by Crippen LogP contribution is -2.02. The van der Waals surface area contributed by atoms with Crippen molar-refractivity contribution < 1.29 is 19.4 Å². The van der Waals surface area contributed by atoms with Crippen LogP contribution in [0.1, 0.15) is 28.0 Å². The molecule has 0 fully saturated rings. The number of hydrogen-bond donors (Lipinski definition) is 1. The van der Waals surface area contributed by atoms with Crippen LogP contribution in [-0.4, -0.2) is 23.2 Å². The van der Waals surface area contributed by atoms with E-state index in [1.54, 1.807) is 11.3 Å². The number of benzene rings is 1. The van der Waals surface area contributed by atoms with E-state index in [4.69, 9.17) is 14.6 Å². The summed E-state index contributed by atoms with van der Waals surface area (Å²) in [5, 5.41) is 12.0. The number of methoxy groups -OCH3 is 1. The number of hydrogen-bond acceptors (Lipinski definition) is 5.